The lowest BCUT2D eigenvalue weighted by atomic mass is 10.1. The van der Waals surface area contributed by atoms with Gasteiger partial charge in [-0.1, -0.05) is 12.1 Å². The van der Waals surface area contributed by atoms with Crippen molar-refractivity contribution >= 4 is 5.96 Å². The second-order valence-corrected chi connectivity index (χ2v) is 9.10. The molecule has 1 aromatic carbocycles. The lowest BCUT2D eigenvalue weighted by Gasteiger charge is -2.31. The van der Waals surface area contributed by atoms with E-state index in [9.17, 15) is 0 Å². The van der Waals surface area contributed by atoms with Crippen molar-refractivity contribution < 1.29 is 9.47 Å². The number of benzene rings is 1. The summed E-state index contributed by atoms with van der Waals surface area (Å²) in [5.74, 6) is 1.74. The van der Waals surface area contributed by atoms with Gasteiger partial charge in [-0.25, -0.2) is 0 Å². The van der Waals surface area contributed by atoms with E-state index in [0.29, 0.717) is 31.3 Å². The van der Waals surface area contributed by atoms with E-state index in [2.05, 4.69) is 72.3 Å². The van der Waals surface area contributed by atoms with Crippen LogP contribution in [0.25, 0.3) is 0 Å². The summed E-state index contributed by atoms with van der Waals surface area (Å²) in [6.45, 7) is 14.9. The van der Waals surface area contributed by atoms with Crippen LogP contribution in [0.1, 0.15) is 46.1 Å². The van der Waals surface area contributed by atoms with Gasteiger partial charge in [0, 0.05) is 64.6 Å². The van der Waals surface area contributed by atoms with Crippen LogP contribution in [0.15, 0.2) is 29.3 Å². The minimum absolute atomic E-state index is 0.533. The number of nitrogens with one attached hydrogen (secondary N) is 2. The van der Waals surface area contributed by atoms with Gasteiger partial charge in [0.15, 0.2) is 5.96 Å². The van der Waals surface area contributed by atoms with Gasteiger partial charge in [0.1, 0.15) is 12.4 Å². The maximum Gasteiger partial charge on any atom is 0.191 e. The van der Waals surface area contributed by atoms with E-state index in [4.69, 9.17) is 9.47 Å². The number of aliphatic imine (C=N–C) groups is 1. The van der Waals surface area contributed by atoms with Crippen LogP contribution < -0.4 is 15.4 Å². The predicted octanol–water partition coefficient (Wildman–Crippen LogP) is 2.96. The highest BCUT2D eigenvalue weighted by atomic mass is 16.5. The first kappa shape index (κ1) is 26.4. The summed E-state index contributed by atoms with van der Waals surface area (Å²) in [7, 11) is 3.99. The van der Waals surface area contributed by atoms with Crippen molar-refractivity contribution in [1.29, 1.82) is 0 Å². The molecule has 0 aromatic heterocycles. The Bertz CT molecular complexity index is 666. The molecule has 7 heteroatoms. The first-order valence-corrected chi connectivity index (χ1v) is 12.1. The third-order valence-corrected chi connectivity index (χ3v) is 6.10. The highest BCUT2D eigenvalue weighted by Gasteiger charge is 2.18. The molecule has 7 nitrogen and oxygen atoms in total. The number of nitrogens with zero attached hydrogens (tertiary/aromatic N) is 3. The van der Waals surface area contributed by atoms with Gasteiger partial charge in [-0.15, -0.1) is 0 Å². The monoisotopic (exact) mass is 447 g/mol. The SMILES string of the molecule is CN=C(NCCN(C(C)C)C(C)C)NCc1cccc(OCCN(C)C2CCOCC2)c1. The van der Waals surface area contributed by atoms with Gasteiger partial charge in [0.25, 0.3) is 0 Å². The molecular weight excluding hydrogens is 402 g/mol. The molecule has 1 saturated heterocycles. The molecule has 0 unspecified atom stereocenters. The second kappa shape index (κ2) is 14.3. The Morgan fingerprint density at radius 2 is 1.84 bits per heavy atom. The Hall–Kier alpha value is -1.83. The first-order chi connectivity index (χ1) is 15.4. The van der Waals surface area contributed by atoms with Crippen LogP contribution in [0.3, 0.4) is 0 Å². The Balaban J connectivity index is 1.72. The molecule has 182 valence electrons. The zero-order valence-electron chi connectivity index (χ0n) is 21.1. The van der Waals surface area contributed by atoms with Crippen LogP contribution in [0, 0.1) is 0 Å². The molecular formula is C25H45N5O2. The smallest absolute Gasteiger partial charge is 0.191 e. The van der Waals surface area contributed by atoms with Gasteiger partial charge in [0.2, 0.25) is 0 Å². The summed E-state index contributed by atoms with van der Waals surface area (Å²) in [4.78, 5) is 9.22. The van der Waals surface area contributed by atoms with Gasteiger partial charge in [0.05, 0.1) is 0 Å². The molecule has 2 rings (SSSR count). The molecule has 1 heterocycles. The Morgan fingerprint density at radius 3 is 2.50 bits per heavy atom. The normalized spacial score (nSPS) is 15.8. The molecule has 0 amide bonds. The molecule has 0 spiro atoms. The number of rotatable bonds is 12. The van der Waals surface area contributed by atoms with Gasteiger partial charge < -0.3 is 20.1 Å². The minimum atomic E-state index is 0.533. The van der Waals surface area contributed by atoms with Gasteiger partial charge in [-0.3, -0.25) is 14.8 Å². The summed E-state index contributed by atoms with van der Waals surface area (Å²) in [5.41, 5.74) is 1.18. The fourth-order valence-corrected chi connectivity index (χ4v) is 4.18. The highest BCUT2D eigenvalue weighted by molar-refractivity contribution is 5.79. The quantitative estimate of drug-likeness (QED) is 0.379. The Labute approximate surface area is 195 Å². The average molecular weight is 448 g/mol. The third-order valence-electron chi connectivity index (χ3n) is 6.10. The first-order valence-electron chi connectivity index (χ1n) is 12.1. The van der Waals surface area contributed by atoms with Crippen molar-refractivity contribution in [3.8, 4) is 5.75 Å². The van der Waals surface area contributed by atoms with Gasteiger partial charge in [-0.05, 0) is 65.3 Å². The van der Waals surface area contributed by atoms with Crippen molar-refractivity contribution in [3.63, 3.8) is 0 Å². The van der Waals surface area contributed by atoms with Crippen molar-refractivity contribution in [2.24, 2.45) is 4.99 Å². The zero-order chi connectivity index (χ0) is 23.3. The van der Waals surface area contributed by atoms with Crippen molar-refractivity contribution in [3.05, 3.63) is 29.8 Å². The molecule has 1 aliphatic rings. The van der Waals surface area contributed by atoms with E-state index in [0.717, 1.165) is 57.4 Å². The summed E-state index contributed by atoms with van der Waals surface area (Å²) >= 11 is 0. The predicted molar refractivity (Wildman–Crippen MR) is 134 cm³/mol. The fraction of sp³-hybridized carbons (Fsp3) is 0.720. The van der Waals surface area contributed by atoms with E-state index < -0.39 is 0 Å². The van der Waals surface area contributed by atoms with Gasteiger partial charge in [-0.2, -0.15) is 0 Å². The fourth-order valence-electron chi connectivity index (χ4n) is 4.18. The maximum absolute atomic E-state index is 6.03. The molecule has 0 atom stereocenters. The van der Waals surface area contributed by atoms with Gasteiger partial charge >= 0.3 is 0 Å². The number of hydrogen-bond acceptors (Lipinski definition) is 5. The molecule has 1 fully saturated rings. The number of guanidine groups is 1. The van der Waals surface area contributed by atoms with E-state index >= 15 is 0 Å². The van der Waals surface area contributed by atoms with Crippen LogP contribution >= 0.6 is 0 Å². The standard InChI is InChI=1S/C25H45N5O2/c1-20(2)30(21(3)4)13-12-27-25(26-5)28-19-22-8-7-9-24(18-22)32-17-14-29(6)23-10-15-31-16-11-23/h7-9,18,20-21,23H,10-17,19H2,1-6H3,(H2,26,27,28). The third kappa shape index (κ3) is 9.35. The molecule has 2 N–H and O–H groups in total. The summed E-state index contributed by atoms with van der Waals surface area (Å²) in [5, 5.41) is 6.83. The van der Waals surface area contributed by atoms with Crippen LogP contribution in [-0.2, 0) is 11.3 Å². The van der Waals surface area contributed by atoms with E-state index in [1.54, 1.807) is 0 Å². The minimum Gasteiger partial charge on any atom is -0.492 e. The maximum atomic E-state index is 6.03. The van der Waals surface area contributed by atoms with E-state index in [-0.39, 0.29) is 0 Å². The number of likely N-dealkylation sites (N-methyl/N-ethyl adjacent to an activating group) is 1. The molecule has 0 saturated carbocycles. The highest BCUT2D eigenvalue weighted by Crippen LogP contribution is 2.15. The Kier molecular flexibility index (Phi) is 11.8. The molecule has 1 aliphatic heterocycles. The van der Waals surface area contributed by atoms with Crippen LogP contribution in [0.5, 0.6) is 5.75 Å². The van der Waals surface area contributed by atoms with Crippen molar-refractivity contribution in [1.82, 2.24) is 20.4 Å². The summed E-state index contributed by atoms with van der Waals surface area (Å²) < 4.78 is 11.5. The Morgan fingerprint density at radius 1 is 1.12 bits per heavy atom. The van der Waals surface area contributed by atoms with Crippen molar-refractivity contribution in [2.75, 3.05) is 53.6 Å². The van der Waals surface area contributed by atoms with Crippen LogP contribution in [0.2, 0.25) is 0 Å². The van der Waals surface area contributed by atoms with E-state index in [1.165, 1.54) is 5.56 Å². The molecule has 32 heavy (non-hydrogen) atoms. The lowest BCUT2D eigenvalue weighted by molar-refractivity contribution is 0.0392. The molecule has 0 aliphatic carbocycles. The zero-order valence-corrected chi connectivity index (χ0v) is 21.1. The number of ether oxygens (including phenoxy) is 2. The molecule has 0 radical (unpaired) electrons. The van der Waals surface area contributed by atoms with Crippen molar-refractivity contribution in [2.45, 2.75) is 65.2 Å². The topological polar surface area (TPSA) is 61.4 Å². The summed E-state index contributed by atoms with van der Waals surface area (Å²) in [6, 6.07) is 9.96. The van der Waals surface area contributed by atoms with E-state index in [1.807, 2.05) is 19.2 Å². The lowest BCUT2D eigenvalue weighted by Crippen LogP contribution is -2.45. The largest absolute Gasteiger partial charge is 0.492 e. The number of hydrogen-bond donors (Lipinski definition) is 2. The average Bonchev–Trinajstić information content (AvgIpc) is 2.79. The summed E-state index contributed by atoms with van der Waals surface area (Å²) in [6.07, 6.45) is 2.22. The molecule has 0 bridgehead atoms. The second-order valence-electron chi connectivity index (χ2n) is 9.10. The van der Waals surface area contributed by atoms with Crippen LogP contribution in [0.4, 0.5) is 0 Å². The van der Waals surface area contributed by atoms with Crippen LogP contribution in [-0.4, -0.2) is 87.4 Å². The molecule has 1 aromatic rings.